The Morgan fingerprint density at radius 3 is 2.39 bits per heavy atom. The highest BCUT2D eigenvalue weighted by Gasteiger charge is 2.07. The third-order valence-corrected chi connectivity index (χ3v) is 3.46. The van der Waals surface area contributed by atoms with E-state index in [1.54, 1.807) is 12.1 Å². The minimum absolute atomic E-state index is 0.174. The lowest BCUT2D eigenvalue weighted by Crippen LogP contribution is -2.25. The molecule has 0 bridgehead atoms. The quantitative estimate of drug-likeness (QED) is 0.764. The van der Waals surface area contributed by atoms with Crippen LogP contribution < -0.4 is 10.6 Å². The summed E-state index contributed by atoms with van der Waals surface area (Å²) in [6.45, 7) is 6.91. The van der Waals surface area contributed by atoms with Crippen LogP contribution in [0.2, 0.25) is 0 Å². The van der Waals surface area contributed by atoms with E-state index in [4.69, 9.17) is 0 Å². The van der Waals surface area contributed by atoms with Crippen LogP contribution in [0.5, 0.6) is 0 Å². The highest BCUT2D eigenvalue weighted by Crippen LogP contribution is 2.17. The maximum Gasteiger partial charge on any atom is 0.271 e. The molecule has 1 aromatic carbocycles. The molecule has 1 heterocycles. The van der Waals surface area contributed by atoms with Gasteiger partial charge in [-0.25, -0.2) is 0 Å². The molecule has 0 saturated heterocycles. The fraction of sp³-hybridized carbons (Fsp3) is 0.389. The van der Waals surface area contributed by atoms with Gasteiger partial charge in [0.2, 0.25) is 0 Å². The molecular formula is C18H24N4O. The smallest absolute Gasteiger partial charge is 0.271 e. The molecule has 0 aliphatic rings. The Hall–Kier alpha value is -2.43. The fourth-order valence-electron chi connectivity index (χ4n) is 2.38. The number of aryl methyl sites for hydroxylation is 2. The third-order valence-electron chi connectivity index (χ3n) is 3.46. The number of nitrogens with one attached hydrogen (secondary N) is 2. The van der Waals surface area contributed by atoms with Gasteiger partial charge < -0.3 is 10.6 Å². The summed E-state index contributed by atoms with van der Waals surface area (Å²) in [6, 6.07) is 9.66. The van der Waals surface area contributed by atoms with Crippen molar-refractivity contribution < 1.29 is 4.79 Å². The lowest BCUT2D eigenvalue weighted by Gasteiger charge is -2.08. The summed E-state index contributed by atoms with van der Waals surface area (Å²) in [5.41, 5.74) is 3.67. The van der Waals surface area contributed by atoms with Gasteiger partial charge in [-0.2, -0.15) is 0 Å². The zero-order valence-electron chi connectivity index (χ0n) is 14.0. The van der Waals surface area contributed by atoms with Crippen molar-refractivity contribution in [2.24, 2.45) is 0 Å². The van der Waals surface area contributed by atoms with Gasteiger partial charge in [0.05, 0.1) is 0 Å². The molecule has 122 valence electrons. The van der Waals surface area contributed by atoms with E-state index in [0.29, 0.717) is 18.1 Å². The molecular weight excluding hydrogens is 288 g/mol. The fourth-order valence-corrected chi connectivity index (χ4v) is 2.38. The summed E-state index contributed by atoms with van der Waals surface area (Å²) in [5.74, 6) is 0.448. The SMILES string of the molecule is CCCCCNC(=O)c1ccc(Nc2cc(C)cc(C)c2)nn1. The Morgan fingerprint density at radius 2 is 1.78 bits per heavy atom. The maximum absolute atomic E-state index is 11.9. The molecule has 0 aliphatic heterocycles. The Bertz CT molecular complexity index is 632. The summed E-state index contributed by atoms with van der Waals surface area (Å²) >= 11 is 0. The topological polar surface area (TPSA) is 66.9 Å². The molecule has 0 atom stereocenters. The molecule has 1 amide bonds. The first-order valence-corrected chi connectivity index (χ1v) is 8.05. The summed E-state index contributed by atoms with van der Waals surface area (Å²) < 4.78 is 0. The number of hydrogen-bond acceptors (Lipinski definition) is 4. The van der Waals surface area contributed by atoms with Crippen molar-refractivity contribution in [3.8, 4) is 0 Å². The number of aromatic nitrogens is 2. The lowest BCUT2D eigenvalue weighted by molar-refractivity contribution is 0.0947. The van der Waals surface area contributed by atoms with E-state index in [1.165, 1.54) is 11.1 Å². The van der Waals surface area contributed by atoms with E-state index in [0.717, 1.165) is 24.9 Å². The van der Waals surface area contributed by atoms with Crippen LogP contribution in [0.25, 0.3) is 0 Å². The molecule has 2 rings (SSSR count). The molecule has 2 aromatic rings. The Kier molecular flexibility index (Phi) is 6.09. The van der Waals surface area contributed by atoms with Gasteiger partial charge in [-0.1, -0.05) is 25.8 Å². The normalized spacial score (nSPS) is 10.4. The standard InChI is InChI=1S/C18H24N4O/c1-4-5-6-9-19-18(23)16-7-8-17(22-21-16)20-15-11-13(2)10-14(3)12-15/h7-8,10-12H,4-6,9H2,1-3H3,(H,19,23)(H,20,22). The van der Waals surface area contributed by atoms with Gasteiger partial charge in [0, 0.05) is 12.2 Å². The molecule has 0 spiro atoms. The van der Waals surface area contributed by atoms with Gasteiger partial charge in [0.25, 0.3) is 5.91 Å². The van der Waals surface area contributed by atoms with E-state index >= 15 is 0 Å². The number of amides is 1. The van der Waals surface area contributed by atoms with Gasteiger partial charge in [-0.05, 0) is 55.7 Å². The van der Waals surface area contributed by atoms with Crippen molar-refractivity contribution in [1.82, 2.24) is 15.5 Å². The first-order valence-electron chi connectivity index (χ1n) is 8.05. The molecule has 23 heavy (non-hydrogen) atoms. The second-order valence-corrected chi connectivity index (χ2v) is 5.77. The summed E-state index contributed by atoms with van der Waals surface area (Å²) in [4.78, 5) is 11.9. The summed E-state index contributed by atoms with van der Waals surface area (Å²) in [5, 5.41) is 14.1. The van der Waals surface area contributed by atoms with Gasteiger partial charge in [-0.15, -0.1) is 10.2 Å². The predicted molar refractivity (Wildman–Crippen MR) is 93.1 cm³/mol. The number of carbonyl (C=O) groups excluding carboxylic acids is 1. The van der Waals surface area contributed by atoms with Crippen molar-refractivity contribution in [3.63, 3.8) is 0 Å². The van der Waals surface area contributed by atoms with Gasteiger partial charge in [0.1, 0.15) is 0 Å². The van der Waals surface area contributed by atoms with Crippen molar-refractivity contribution in [1.29, 1.82) is 0 Å². The van der Waals surface area contributed by atoms with E-state index in [-0.39, 0.29) is 5.91 Å². The number of anilines is 2. The van der Waals surface area contributed by atoms with E-state index in [2.05, 4.69) is 47.7 Å². The first-order chi connectivity index (χ1) is 11.1. The number of unbranched alkanes of at least 4 members (excludes halogenated alkanes) is 2. The molecule has 1 aromatic heterocycles. The first kappa shape index (κ1) is 16.9. The van der Waals surface area contributed by atoms with Crippen LogP contribution >= 0.6 is 0 Å². The Labute approximate surface area is 137 Å². The number of rotatable bonds is 7. The van der Waals surface area contributed by atoms with Gasteiger partial charge in [0.15, 0.2) is 11.5 Å². The second-order valence-electron chi connectivity index (χ2n) is 5.77. The number of hydrogen-bond donors (Lipinski definition) is 2. The van der Waals surface area contributed by atoms with Crippen molar-refractivity contribution in [3.05, 3.63) is 47.2 Å². The highest BCUT2D eigenvalue weighted by molar-refractivity contribution is 5.92. The summed E-state index contributed by atoms with van der Waals surface area (Å²) in [6.07, 6.45) is 3.24. The molecule has 0 aliphatic carbocycles. The minimum atomic E-state index is -0.174. The highest BCUT2D eigenvalue weighted by atomic mass is 16.1. The lowest BCUT2D eigenvalue weighted by atomic mass is 10.1. The van der Waals surface area contributed by atoms with Crippen LogP contribution in [0, 0.1) is 13.8 Å². The van der Waals surface area contributed by atoms with Crippen LogP contribution in [0.1, 0.15) is 47.8 Å². The molecule has 0 unspecified atom stereocenters. The third kappa shape index (κ3) is 5.36. The molecule has 0 fully saturated rings. The number of carbonyl (C=O) groups is 1. The molecule has 5 heteroatoms. The van der Waals surface area contributed by atoms with E-state index in [9.17, 15) is 4.79 Å². The predicted octanol–water partition coefficient (Wildman–Crippen LogP) is 3.76. The van der Waals surface area contributed by atoms with Crippen molar-refractivity contribution in [2.45, 2.75) is 40.0 Å². The van der Waals surface area contributed by atoms with Gasteiger partial charge >= 0.3 is 0 Å². The van der Waals surface area contributed by atoms with Crippen LogP contribution in [-0.4, -0.2) is 22.6 Å². The largest absolute Gasteiger partial charge is 0.351 e. The van der Waals surface area contributed by atoms with Crippen molar-refractivity contribution >= 4 is 17.4 Å². The summed E-state index contributed by atoms with van der Waals surface area (Å²) in [7, 11) is 0. The zero-order chi connectivity index (χ0) is 16.7. The van der Waals surface area contributed by atoms with E-state index in [1.807, 2.05) is 12.1 Å². The molecule has 0 saturated carbocycles. The average Bonchev–Trinajstić information content (AvgIpc) is 2.51. The Morgan fingerprint density at radius 1 is 1.04 bits per heavy atom. The second kappa shape index (κ2) is 8.27. The average molecular weight is 312 g/mol. The Balaban J connectivity index is 1.95. The van der Waals surface area contributed by atoms with Crippen LogP contribution in [-0.2, 0) is 0 Å². The van der Waals surface area contributed by atoms with Crippen LogP contribution in [0.4, 0.5) is 11.5 Å². The number of nitrogens with zero attached hydrogens (tertiary/aromatic N) is 2. The monoisotopic (exact) mass is 312 g/mol. The van der Waals surface area contributed by atoms with Gasteiger partial charge in [-0.3, -0.25) is 4.79 Å². The minimum Gasteiger partial charge on any atom is -0.351 e. The molecule has 5 nitrogen and oxygen atoms in total. The molecule has 2 N–H and O–H groups in total. The van der Waals surface area contributed by atoms with Crippen LogP contribution in [0.15, 0.2) is 30.3 Å². The van der Waals surface area contributed by atoms with Crippen LogP contribution in [0.3, 0.4) is 0 Å². The number of benzene rings is 1. The molecule has 0 radical (unpaired) electrons. The zero-order valence-corrected chi connectivity index (χ0v) is 14.0. The maximum atomic E-state index is 11.9. The van der Waals surface area contributed by atoms with E-state index < -0.39 is 0 Å². The van der Waals surface area contributed by atoms with Crippen molar-refractivity contribution in [2.75, 3.05) is 11.9 Å².